The number of rotatable bonds is 9. The summed E-state index contributed by atoms with van der Waals surface area (Å²) >= 11 is 6.09. The Bertz CT molecular complexity index is 809. The zero-order valence-corrected chi connectivity index (χ0v) is 17.9. The Morgan fingerprint density at radius 2 is 1.79 bits per heavy atom. The second-order valence-electron chi connectivity index (χ2n) is 7.19. The first-order chi connectivity index (χ1) is 13.8. The van der Waals surface area contributed by atoms with Crippen molar-refractivity contribution in [3.63, 3.8) is 0 Å². The van der Waals surface area contributed by atoms with Crippen LogP contribution in [-0.2, 0) is 22.4 Å². The molecule has 0 aliphatic heterocycles. The summed E-state index contributed by atoms with van der Waals surface area (Å²) in [5, 5.41) is 3.12. The molecule has 0 aliphatic rings. The summed E-state index contributed by atoms with van der Waals surface area (Å²) < 4.78 is 14.2. The molecule has 0 bridgehead atoms. The Hall–Kier alpha value is -2.40. The number of hydrogen-bond donors (Lipinski definition) is 1. The lowest BCUT2D eigenvalue weighted by Crippen LogP contribution is -2.51. The maximum Gasteiger partial charge on any atom is 0.242 e. The number of nitrogens with zero attached hydrogens (tertiary/aromatic N) is 1. The van der Waals surface area contributed by atoms with Crippen LogP contribution in [0.4, 0.5) is 4.39 Å². The monoisotopic (exact) mass is 418 g/mol. The van der Waals surface area contributed by atoms with Gasteiger partial charge in [0.2, 0.25) is 11.8 Å². The molecular formula is C23H28ClFN2O2. The first-order valence-electron chi connectivity index (χ1n) is 9.90. The van der Waals surface area contributed by atoms with Crippen LogP contribution in [0, 0.1) is 5.82 Å². The van der Waals surface area contributed by atoms with Gasteiger partial charge in [-0.25, -0.2) is 4.39 Å². The summed E-state index contributed by atoms with van der Waals surface area (Å²) in [5.41, 5.74) is 1.21. The first kappa shape index (κ1) is 22.9. The van der Waals surface area contributed by atoms with Crippen LogP contribution in [0.3, 0.4) is 0 Å². The van der Waals surface area contributed by atoms with E-state index in [0.717, 1.165) is 12.0 Å². The minimum Gasteiger partial charge on any atom is -0.352 e. The van der Waals surface area contributed by atoms with Gasteiger partial charge in [0, 0.05) is 23.2 Å². The molecule has 2 rings (SSSR count). The van der Waals surface area contributed by atoms with Gasteiger partial charge >= 0.3 is 0 Å². The van der Waals surface area contributed by atoms with Crippen molar-refractivity contribution in [2.75, 3.05) is 6.54 Å². The molecule has 0 fully saturated rings. The molecule has 2 atom stereocenters. The van der Waals surface area contributed by atoms with E-state index < -0.39 is 11.9 Å². The maximum absolute atomic E-state index is 14.2. The van der Waals surface area contributed by atoms with Gasteiger partial charge in [-0.2, -0.15) is 0 Å². The third-order valence-electron chi connectivity index (χ3n) is 5.04. The van der Waals surface area contributed by atoms with Gasteiger partial charge < -0.3 is 10.2 Å². The van der Waals surface area contributed by atoms with E-state index >= 15 is 0 Å². The zero-order valence-electron chi connectivity index (χ0n) is 17.1. The van der Waals surface area contributed by atoms with Gasteiger partial charge in [-0.05, 0) is 44.4 Å². The van der Waals surface area contributed by atoms with Crippen LogP contribution in [-0.4, -0.2) is 35.3 Å². The Morgan fingerprint density at radius 1 is 1.10 bits per heavy atom. The normalized spacial score (nSPS) is 12.9. The Labute approximate surface area is 177 Å². The fourth-order valence-corrected chi connectivity index (χ4v) is 3.22. The Balaban J connectivity index is 2.20. The average molecular weight is 419 g/mol. The smallest absolute Gasteiger partial charge is 0.242 e. The standard InChI is InChI=1S/C23H28ClFN2O2/c1-4-16(2)26-23(29)17(3)27(14-13-18-9-6-5-7-10-18)22(28)15-19-20(24)11-8-12-21(19)25/h5-12,16-17H,4,13-15H2,1-3H3,(H,26,29). The molecule has 2 aromatic carbocycles. The van der Waals surface area contributed by atoms with E-state index in [9.17, 15) is 14.0 Å². The van der Waals surface area contributed by atoms with Gasteiger partial charge in [-0.1, -0.05) is 54.9 Å². The Kier molecular flexibility index (Phi) is 8.65. The van der Waals surface area contributed by atoms with Gasteiger partial charge in [0.25, 0.3) is 0 Å². The van der Waals surface area contributed by atoms with Crippen LogP contribution < -0.4 is 5.32 Å². The van der Waals surface area contributed by atoms with E-state index in [1.807, 2.05) is 44.2 Å². The van der Waals surface area contributed by atoms with Crippen molar-refractivity contribution in [2.45, 2.75) is 52.1 Å². The molecule has 0 saturated heterocycles. The summed E-state index contributed by atoms with van der Waals surface area (Å²) in [6, 6.07) is 13.4. The quantitative estimate of drug-likeness (QED) is 0.656. The number of carbonyl (C=O) groups is 2. The largest absolute Gasteiger partial charge is 0.352 e. The van der Waals surface area contributed by atoms with E-state index in [-0.39, 0.29) is 34.9 Å². The van der Waals surface area contributed by atoms with Crippen LogP contribution >= 0.6 is 11.6 Å². The highest BCUT2D eigenvalue weighted by atomic mass is 35.5. The van der Waals surface area contributed by atoms with Crippen LogP contribution in [0.1, 0.15) is 38.3 Å². The highest BCUT2D eigenvalue weighted by molar-refractivity contribution is 6.31. The van der Waals surface area contributed by atoms with E-state index in [0.29, 0.717) is 13.0 Å². The van der Waals surface area contributed by atoms with Crippen LogP contribution in [0.2, 0.25) is 5.02 Å². The van der Waals surface area contributed by atoms with E-state index in [4.69, 9.17) is 11.6 Å². The fraction of sp³-hybridized carbons (Fsp3) is 0.391. The van der Waals surface area contributed by atoms with Gasteiger partial charge in [0.1, 0.15) is 11.9 Å². The predicted molar refractivity (Wildman–Crippen MR) is 114 cm³/mol. The van der Waals surface area contributed by atoms with E-state index in [2.05, 4.69) is 5.32 Å². The first-order valence-corrected chi connectivity index (χ1v) is 10.3. The van der Waals surface area contributed by atoms with Crippen molar-refractivity contribution in [1.82, 2.24) is 10.2 Å². The number of amides is 2. The van der Waals surface area contributed by atoms with Crippen molar-refractivity contribution >= 4 is 23.4 Å². The number of benzene rings is 2. The molecule has 2 aromatic rings. The molecule has 2 amide bonds. The molecular weight excluding hydrogens is 391 g/mol. The molecule has 29 heavy (non-hydrogen) atoms. The molecule has 0 heterocycles. The SMILES string of the molecule is CCC(C)NC(=O)C(C)N(CCc1ccccc1)C(=O)Cc1c(F)cccc1Cl. The number of nitrogens with one attached hydrogen (secondary N) is 1. The highest BCUT2D eigenvalue weighted by Crippen LogP contribution is 2.21. The van der Waals surface area contributed by atoms with E-state index in [1.165, 1.54) is 17.0 Å². The lowest BCUT2D eigenvalue weighted by Gasteiger charge is -2.30. The second-order valence-corrected chi connectivity index (χ2v) is 7.60. The van der Waals surface area contributed by atoms with Gasteiger partial charge in [-0.3, -0.25) is 9.59 Å². The minimum absolute atomic E-state index is 0.0111. The molecule has 0 spiro atoms. The van der Waals surface area contributed by atoms with Gasteiger partial charge in [0.05, 0.1) is 6.42 Å². The summed E-state index contributed by atoms with van der Waals surface area (Å²) in [6.07, 6.45) is 1.20. The molecule has 1 N–H and O–H groups in total. The van der Waals surface area contributed by atoms with Crippen LogP contribution in [0.25, 0.3) is 0 Å². The fourth-order valence-electron chi connectivity index (χ4n) is 2.99. The summed E-state index contributed by atoms with van der Waals surface area (Å²) in [6.45, 7) is 5.95. The second kappa shape index (κ2) is 11.0. The molecule has 4 nitrogen and oxygen atoms in total. The molecule has 0 aromatic heterocycles. The minimum atomic E-state index is -0.675. The Morgan fingerprint density at radius 3 is 2.41 bits per heavy atom. The van der Waals surface area contributed by atoms with Crippen LogP contribution in [0.5, 0.6) is 0 Å². The average Bonchev–Trinajstić information content (AvgIpc) is 2.71. The summed E-state index contributed by atoms with van der Waals surface area (Å²) in [4.78, 5) is 27.2. The molecule has 0 radical (unpaired) electrons. The third kappa shape index (κ3) is 6.57. The highest BCUT2D eigenvalue weighted by Gasteiger charge is 2.27. The van der Waals surface area contributed by atoms with Gasteiger partial charge in [0.15, 0.2) is 0 Å². The van der Waals surface area contributed by atoms with Crippen molar-refractivity contribution in [3.05, 3.63) is 70.5 Å². The lowest BCUT2D eigenvalue weighted by molar-refractivity contribution is -0.139. The number of hydrogen-bond acceptors (Lipinski definition) is 2. The van der Waals surface area contributed by atoms with Crippen molar-refractivity contribution in [1.29, 1.82) is 0 Å². The van der Waals surface area contributed by atoms with Crippen molar-refractivity contribution in [3.8, 4) is 0 Å². The molecule has 2 unspecified atom stereocenters. The molecule has 156 valence electrons. The van der Waals surface area contributed by atoms with E-state index in [1.54, 1.807) is 13.0 Å². The topological polar surface area (TPSA) is 49.4 Å². The maximum atomic E-state index is 14.2. The number of carbonyl (C=O) groups excluding carboxylic acids is 2. The summed E-state index contributed by atoms with van der Waals surface area (Å²) in [5.74, 6) is -1.08. The third-order valence-corrected chi connectivity index (χ3v) is 5.40. The lowest BCUT2D eigenvalue weighted by atomic mass is 10.1. The van der Waals surface area contributed by atoms with Gasteiger partial charge in [-0.15, -0.1) is 0 Å². The predicted octanol–water partition coefficient (Wildman–Crippen LogP) is 4.40. The molecule has 6 heteroatoms. The van der Waals surface area contributed by atoms with Crippen molar-refractivity contribution < 1.29 is 14.0 Å². The van der Waals surface area contributed by atoms with Crippen molar-refractivity contribution in [2.24, 2.45) is 0 Å². The zero-order chi connectivity index (χ0) is 21.4. The van der Waals surface area contributed by atoms with Crippen LogP contribution in [0.15, 0.2) is 48.5 Å². The summed E-state index contributed by atoms with van der Waals surface area (Å²) in [7, 11) is 0. The number of halogens is 2. The molecule has 0 aliphatic carbocycles. The molecule has 0 saturated carbocycles.